The molecule has 30 heavy (non-hydrogen) atoms. The standard InChI is InChI=1S/C28H48OS/c1-23(2)13-10-16-26(5)18-11-17-24(3)14-8-9-15-25(4)19-12-21-30-22-20-27-28(6,7)29-27/h13-15,18,27H,8-12,16-17,19-22H2,1-7H3/b24-14+,25-15+,26-18+. The summed E-state index contributed by atoms with van der Waals surface area (Å²) in [7, 11) is 0. The molecule has 0 radical (unpaired) electrons. The number of unbranched alkanes of at least 4 members (excludes halogenated alkanes) is 1. The molecule has 0 amide bonds. The normalized spacial score (nSPS) is 19.2. The Morgan fingerprint density at radius 3 is 1.77 bits per heavy atom. The van der Waals surface area contributed by atoms with E-state index < -0.39 is 0 Å². The van der Waals surface area contributed by atoms with Crippen molar-refractivity contribution >= 4 is 11.8 Å². The van der Waals surface area contributed by atoms with Crippen molar-refractivity contribution in [2.75, 3.05) is 11.5 Å². The van der Waals surface area contributed by atoms with E-state index in [9.17, 15) is 0 Å². The first kappa shape index (κ1) is 27.3. The molecule has 0 aromatic rings. The quantitative estimate of drug-likeness (QED) is 0.137. The zero-order valence-electron chi connectivity index (χ0n) is 21.0. The van der Waals surface area contributed by atoms with Crippen molar-refractivity contribution in [2.45, 2.75) is 118 Å². The molecular weight excluding hydrogens is 384 g/mol. The van der Waals surface area contributed by atoms with Crippen LogP contribution >= 0.6 is 11.8 Å². The Morgan fingerprint density at radius 1 is 0.733 bits per heavy atom. The molecule has 0 saturated carbocycles. The van der Waals surface area contributed by atoms with Gasteiger partial charge < -0.3 is 4.74 Å². The van der Waals surface area contributed by atoms with Gasteiger partial charge >= 0.3 is 0 Å². The average Bonchev–Trinajstić information content (AvgIpc) is 3.27. The third-order valence-corrected chi connectivity index (χ3v) is 6.93. The van der Waals surface area contributed by atoms with E-state index in [-0.39, 0.29) is 5.60 Å². The Labute approximate surface area is 192 Å². The van der Waals surface area contributed by atoms with Crippen LogP contribution in [0.25, 0.3) is 0 Å². The van der Waals surface area contributed by atoms with E-state index in [0.717, 1.165) is 0 Å². The number of hydrogen-bond donors (Lipinski definition) is 0. The topological polar surface area (TPSA) is 12.5 Å². The summed E-state index contributed by atoms with van der Waals surface area (Å²) in [6.07, 6.45) is 21.0. The lowest BCUT2D eigenvalue weighted by atomic mass is 10.1. The van der Waals surface area contributed by atoms with E-state index in [4.69, 9.17) is 4.74 Å². The van der Waals surface area contributed by atoms with Crippen LogP contribution in [0.5, 0.6) is 0 Å². The minimum absolute atomic E-state index is 0.160. The van der Waals surface area contributed by atoms with Crippen LogP contribution in [0.15, 0.2) is 46.6 Å². The van der Waals surface area contributed by atoms with Crippen LogP contribution in [-0.2, 0) is 4.74 Å². The fraction of sp³-hybridized carbons (Fsp3) is 0.714. The van der Waals surface area contributed by atoms with E-state index in [1.54, 1.807) is 5.57 Å². The third-order valence-electron chi connectivity index (χ3n) is 5.82. The fourth-order valence-corrected chi connectivity index (χ4v) is 4.52. The summed E-state index contributed by atoms with van der Waals surface area (Å²) >= 11 is 2.09. The zero-order chi connectivity index (χ0) is 22.4. The predicted octanol–water partition coefficient (Wildman–Crippen LogP) is 9.21. The molecule has 1 fully saturated rings. The molecule has 0 aromatic carbocycles. The van der Waals surface area contributed by atoms with E-state index in [0.29, 0.717) is 6.10 Å². The highest BCUT2D eigenvalue weighted by molar-refractivity contribution is 7.99. The molecule has 1 heterocycles. The minimum atomic E-state index is 0.160. The van der Waals surface area contributed by atoms with Gasteiger partial charge in [-0.1, -0.05) is 46.6 Å². The summed E-state index contributed by atoms with van der Waals surface area (Å²) in [5, 5.41) is 0. The molecule has 1 unspecified atom stereocenters. The summed E-state index contributed by atoms with van der Waals surface area (Å²) in [6, 6.07) is 0. The van der Waals surface area contributed by atoms with Crippen molar-refractivity contribution in [3.05, 3.63) is 46.6 Å². The molecule has 1 nitrogen and oxygen atoms in total. The molecule has 0 bridgehead atoms. The lowest BCUT2D eigenvalue weighted by Gasteiger charge is -2.03. The highest BCUT2D eigenvalue weighted by atomic mass is 32.2. The Balaban J connectivity index is 2.04. The average molecular weight is 433 g/mol. The lowest BCUT2D eigenvalue weighted by molar-refractivity contribution is 0.322. The molecule has 1 aliphatic heterocycles. The second-order valence-electron chi connectivity index (χ2n) is 9.80. The van der Waals surface area contributed by atoms with E-state index >= 15 is 0 Å². The molecule has 0 aliphatic carbocycles. The van der Waals surface area contributed by atoms with Crippen molar-refractivity contribution < 1.29 is 4.74 Å². The number of hydrogen-bond acceptors (Lipinski definition) is 2. The molecule has 1 aliphatic rings. The van der Waals surface area contributed by atoms with Gasteiger partial charge in [0, 0.05) is 0 Å². The monoisotopic (exact) mass is 432 g/mol. The van der Waals surface area contributed by atoms with Gasteiger partial charge in [-0.25, -0.2) is 0 Å². The molecule has 172 valence electrons. The van der Waals surface area contributed by atoms with Crippen molar-refractivity contribution in [2.24, 2.45) is 0 Å². The summed E-state index contributed by atoms with van der Waals surface area (Å²) in [5.74, 6) is 2.52. The molecule has 0 aromatic heterocycles. The Kier molecular flexibility index (Phi) is 13.8. The van der Waals surface area contributed by atoms with Gasteiger partial charge in [-0.05, 0) is 118 Å². The molecule has 0 N–H and O–H groups in total. The van der Waals surface area contributed by atoms with Crippen LogP contribution in [-0.4, -0.2) is 23.2 Å². The lowest BCUT2D eigenvalue weighted by Crippen LogP contribution is -2.03. The Bertz CT molecular complexity index is 602. The van der Waals surface area contributed by atoms with E-state index in [1.165, 1.54) is 86.0 Å². The maximum absolute atomic E-state index is 5.64. The van der Waals surface area contributed by atoms with Crippen LogP contribution in [0.2, 0.25) is 0 Å². The van der Waals surface area contributed by atoms with E-state index in [2.05, 4.69) is 84.5 Å². The van der Waals surface area contributed by atoms with Gasteiger partial charge in [0.1, 0.15) is 0 Å². The third kappa shape index (κ3) is 14.3. The highest BCUT2D eigenvalue weighted by Crippen LogP contribution is 2.38. The second-order valence-corrected chi connectivity index (χ2v) is 11.0. The van der Waals surface area contributed by atoms with Crippen molar-refractivity contribution in [1.29, 1.82) is 0 Å². The van der Waals surface area contributed by atoms with Crippen LogP contribution < -0.4 is 0 Å². The van der Waals surface area contributed by atoms with Gasteiger partial charge in [-0.3, -0.25) is 0 Å². The predicted molar refractivity (Wildman–Crippen MR) is 139 cm³/mol. The molecule has 1 rings (SSSR count). The SMILES string of the molecule is CC(C)=CCC/C(C)=C/CC/C(C)=C/CC/C=C(\C)CCCSCCC1OC1(C)C. The maximum Gasteiger partial charge on any atom is 0.0892 e. The first-order chi connectivity index (χ1) is 14.2. The van der Waals surface area contributed by atoms with Gasteiger partial charge in [-0.2, -0.15) is 11.8 Å². The van der Waals surface area contributed by atoms with Crippen molar-refractivity contribution in [3.63, 3.8) is 0 Å². The number of epoxide rings is 1. The molecule has 1 atom stereocenters. The Hall–Kier alpha value is -0.730. The summed E-state index contributed by atoms with van der Waals surface area (Å²) < 4.78 is 5.64. The number of ether oxygens (including phenoxy) is 1. The maximum atomic E-state index is 5.64. The summed E-state index contributed by atoms with van der Waals surface area (Å²) in [6.45, 7) is 15.6. The van der Waals surface area contributed by atoms with Crippen LogP contribution in [0.1, 0.15) is 106 Å². The van der Waals surface area contributed by atoms with Gasteiger partial charge in [0.25, 0.3) is 0 Å². The smallest absolute Gasteiger partial charge is 0.0892 e. The van der Waals surface area contributed by atoms with Gasteiger partial charge in [0.05, 0.1) is 11.7 Å². The fourth-order valence-electron chi connectivity index (χ4n) is 3.59. The molecule has 2 heteroatoms. The van der Waals surface area contributed by atoms with Gasteiger partial charge in [-0.15, -0.1) is 0 Å². The van der Waals surface area contributed by atoms with Crippen LogP contribution in [0.3, 0.4) is 0 Å². The molecule has 1 saturated heterocycles. The first-order valence-corrected chi connectivity index (χ1v) is 13.2. The van der Waals surface area contributed by atoms with E-state index in [1.807, 2.05) is 0 Å². The zero-order valence-corrected chi connectivity index (χ0v) is 21.8. The molecule has 0 spiro atoms. The largest absolute Gasteiger partial charge is 0.367 e. The molecular formula is C28H48OS. The summed E-state index contributed by atoms with van der Waals surface area (Å²) in [4.78, 5) is 0. The van der Waals surface area contributed by atoms with Gasteiger partial charge in [0.2, 0.25) is 0 Å². The van der Waals surface area contributed by atoms with Gasteiger partial charge in [0.15, 0.2) is 0 Å². The minimum Gasteiger partial charge on any atom is -0.367 e. The summed E-state index contributed by atoms with van der Waals surface area (Å²) in [5.41, 5.74) is 6.21. The number of thioether (sulfide) groups is 1. The second kappa shape index (κ2) is 15.1. The van der Waals surface area contributed by atoms with Crippen LogP contribution in [0, 0.1) is 0 Å². The van der Waals surface area contributed by atoms with Crippen molar-refractivity contribution in [1.82, 2.24) is 0 Å². The van der Waals surface area contributed by atoms with Crippen LogP contribution in [0.4, 0.5) is 0 Å². The number of rotatable bonds is 16. The highest BCUT2D eigenvalue weighted by Gasteiger charge is 2.46. The number of allylic oxidation sites excluding steroid dienone is 8. The van der Waals surface area contributed by atoms with Crippen molar-refractivity contribution in [3.8, 4) is 0 Å². The first-order valence-electron chi connectivity index (χ1n) is 12.1. The Morgan fingerprint density at radius 2 is 1.23 bits per heavy atom.